The second-order valence-corrected chi connectivity index (χ2v) is 4.10. The number of benzene rings is 2. The van der Waals surface area contributed by atoms with Crippen molar-refractivity contribution in [1.29, 1.82) is 0 Å². The SMILES string of the molecule is C#CCC(=O)Cc1cccc2ccc(OC)cc12. The van der Waals surface area contributed by atoms with Crippen molar-refractivity contribution in [3.05, 3.63) is 42.0 Å². The van der Waals surface area contributed by atoms with Crippen LogP contribution in [0.25, 0.3) is 10.8 Å². The summed E-state index contributed by atoms with van der Waals surface area (Å²) in [6, 6.07) is 11.8. The van der Waals surface area contributed by atoms with Gasteiger partial charge in [0.15, 0.2) is 0 Å². The fourth-order valence-corrected chi connectivity index (χ4v) is 1.99. The molecule has 0 spiro atoms. The molecule has 2 aromatic carbocycles. The normalized spacial score (nSPS) is 10.0. The second kappa shape index (κ2) is 5.37. The molecule has 0 amide bonds. The highest BCUT2D eigenvalue weighted by atomic mass is 16.5. The summed E-state index contributed by atoms with van der Waals surface area (Å²) in [5.74, 6) is 3.24. The number of ether oxygens (including phenoxy) is 1. The molecule has 2 rings (SSSR count). The number of ketones is 1. The summed E-state index contributed by atoms with van der Waals surface area (Å²) in [5.41, 5.74) is 0.992. The van der Waals surface area contributed by atoms with Crippen molar-refractivity contribution < 1.29 is 9.53 Å². The average Bonchev–Trinajstić information content (AvgIpc) is 2.39. The molecule has 0 aliphatic heterocycles. The van der Waals surface area contributed by atoms with Crippen LogP contribution in [0.3, 0.4) is 0 Å². The summed E-state index contributed by atoms with van der Waals surface area (Å²) in [6.45, 7) is 0. The third-order valence-electron chi connectivity index (χ3n) is 2.87. The Morgan fingerprint density at radius 2 is 2.17 bits per heavy atom. The number of hydrogen-bond donors (Lipinski definition) is 0. The van der Waals surface area contributed by atoms with Gasteiger partial charge in [0, 0.05) is 6.42 Å². The maximum Gasteiger partial charge on any atom is 0.149 e. The lowest BCUT2D eigenvalue weighted by atomic mass is 9.99. The van der Waals surface area contributed by atoms with Gasteiger partial charge in [-0.2, -0.15) is 0 Å². The second-order valence-electron chi connectivity index (χ2n) is 4.10. The molecule has 2 nitrogen and oxygen atoms in total. The van der Waals surface area contributed by atoms with E-state index in [0.717, 1.165) is 22.1 Å². The zero-order valence-electron chi connectivity index (χ0n) is 10.3. The van der Waals surface area contributed by atoms with Crippen molar-refractivity contribution in [3.63, 3.8) is 0 Å². The van der Waals surface area contributed by atoms with Gasteiger partial charge in [-0.25, -0.2) is 0 Å². The molecule has 0 aliphatic rings. The van der Waals surface area contributed by atoms with Gasteiger partial charge in [-0.15, -0.1) is 6.42 Å². The molecule has 0 radical (unpaired) electrons. The highest BCUT2D eigenvalue weighted by Gasteiger charge is 2.07. The van der Waals surface area contributed by atoms with Gasteiger partial charge in [0.25, 0.3) is 0 Å². The van der Waals surface area contributed by atoms with Crippen LogP contribution in [0.15, 0.2) is 36.4 Å². The van der Waals surface area contributed by atoms with Crippen LogP contribution in [0.1, 0.15) is 12.0 Å². The zero-order valence-corrected chi connectivity index (χ0v) is 10.3. The third kappa shape index (κ3) is 2.52. The minimum atomic E-state index is 0.0628. The number of carbonyl (C=O) groups is 1. The molecule has 0 atom stereocenters. The number of hydrogen-bond acceptors (Lipinski definition) is 2. The van der Waals surface area contributed by atoms with Gasteiger partial charge < -0.3 is 4.74 Å². The number of terminal acetylenes is 1. The van der Waals surface area contributed by atoms with Crippen LogP contribution in [0.4, 0.5) is 0 Å². The molecule has 0 unspecified atom stereocenters. The molecule has 0 aliphatic carbocycles. The van der Waals surface area contributed by atoms with E-state index in [0.29, 0.717) is 6.42 Å². The molecular weight excluding hydrogens is 224 g/mol. The Balaban J connectivity index is 2.43. The first kappa shape index (κ1) is 12.2. The Hall–Kier alpha value is -2.27. The minimum absolute atomic E-state index is 0.0628. The molecule has 0 saturated heterocycles. The molecule has 90 valence electrons. The van der Waals surface area contributed by atoms with E-state index in [9.17, 15) is 4.79 Å². The Bertz CT molecular complexity index is 621. The molecule has 0 N–H and O–H groups in total. The Labute approximate surface area is 107 Å². The molecule has 0 fully saturated rings. The van der Waals surface area contributed by atoms with Crippen LogP contribution in [0.5, 0.6) is 5.75 Å². The van der Waals surface area contributed by atoms with Crippen LogP contribution < -0.4 is 4.74 Å². The fraction of sp³-hybridized carbons (Fsp3) is 0.188. The van der Waals surface area contributed by atoms with Crippen molar-refractivity contribution in [1.82, 2.24) is 0 Å². The monoisotopic (exact) mass is 238 g/mol. The lowest BCUT2D eigenvalue weighted by molar-refractivity contribution is -0.117. The first-order valence-electron chi connectivity index (χ1n) is 5.75. The lowest BCUT2D eigenvalue weighted by Crippen LogP contribution is -2.01. The molecule has 0 heterocycles. The third-order valence-corrected chi connectivity index (χ3v) is 2.87. The van der Waals surface area contributed by atoms with Crippen LogP contribution in [0, 0.1) is 12.3 Å². The van der Waals surface area contributed by atoms with E-state index in [1.54, 1.807) is 7.11 Å². The van der Waals surface area contributed by atoms with Gasteiger partial charge in [-0.1, -0.05) is 30.2 Å². The number of fused-ring (bicyclic) bond motifs is 1. The smallest absolute Gasteiger partial charge is 0.149 e. The Morgan fingerprint density at radius 1 is 1.33 bits per heavy atom. The van der Waals surface area contributed by atoms with Crippen LogP contribution in [-0.4, -0.2) is 12.9 Å². The van der Waals surface area contributed by atoms with Crippen molar-refractivity contribution >= 4 is 16.6 Å². The molecule has 0 aromatic heterocycles. The molecule has 0 saturated carbocycles. The molecule has 0 bridgehead atoms. The van der Waals surface area contributed by atoms with E-state index in [4.69, 9.17) is 11.2 Å². The summed E-state index contributed by atoms with van der Waals surface area (Å²) in [7, 11) is 1.63. The maximum absolute atomic E-state index is 11.6. The van der Waals surface area contributed by atoms with E-state index < -0.39 is 0 Å². The highest BCUT2D eigenvalue weighted by molar-refractivity contribution is 5.92. The van der Waals surface area contributed by atoms with E-state index >= 15 is 0 Å². The van der Waals surface area contributed by atoms with Gasteiger partial charge in [0.05, 0.1) is 13.5 Å². The van der Waals surface area contributed by atoms with Gasteiger partial charge in [0.1, 0.15) is 11.5 Å². The van der Waals surface area contributed by atoms with Crippen molar-refractivity contribution in [2.75, 3.05) is 7.11 Å². The van der Waals surface area contributed by atoms with Gasteiger partial charge in [-0.3, -0.25) is 4.79 Å². The maximum atomic E-state index is 11.6. The molecule has 2 heteroatoms. The number of rotatable bonds is 4. The van der Waals surface area contributed by atoms with E-state index in [2.05, 4.69) is 5.92 Å². The predicted octanol–water partition coefficient (Wildman–Crippen LogP) is 2.98. The average molecular weight is 238 g/mol. The molecular formula is C16H14O2. The fourth-order valence-electron chi connectivity index (χ4n) is 1.99. The quantitative estimate of drug-likeness (QED) is 0.765. The van der Waals surface area contributed by atoms with Crippen LogP contribution in [-0.2, 0) is 11.2 Å². The molecule has 2 aromatic rings. The van der Waals surface area contributed by atoms with E-state index in [1.165, 1.54) is 0 Å². The zero-order chi connectivity index (χ0) is 13.0. The van der Waals surface area contributed by atoms with Crippen molar-refractivity contribution in [2.24, 2.45) is 0 Å². The number of Topliss-reactive ketones (excluding diaryl/α,β-unsaturated/α-hetero) is 1. The summed E-state index contributed by atoms with van der Waals surface area (Å²) >= 11 is 0. The lowest BCUT2D eigenvalue weighted by Gasteiger charge is -2.07. The number of carbonyl (C=O) groups excluding carboxylic acids is 1. The summed E-state index contributed by atoms with van der Waals surface area (Å²) in [4.78, 5) is 11.6. The largest absolute Gasteiger partial charge is 0.497 e. The standard InChI is InChI=1S/C16H14O2/c1-3-5-14(17)10-13-7-4-6-12-8-9-15(18-2)11-16(12)13/h1,4,6-9,11H,5,10H2,2H3. The van der Waals surface area contributed by atoms with Gasteiger partial charge in [0.2, 0.25) is 0 Å². The Kier molecular flexibility index (Phi) is 3.64. The van der Waals surface area contributed by atoms with Crippen LogP contribution in [0.2, 0.25) is 0 Å². The summed E-state index contributed by atoms with van der Waals surface area (Å²) < 4.78 is 5.21. The predicted molar refractivity (Wildman–Crippen MR) is 72.7 cm³/mol. The molecule has 18 heavy (non-hydrogen) atoms. The van der Waals surface area contributed by atoms with Gasteiger partial charge >= 0.3 is 0 Å². The highest BCUT2D eigenvalue weighted by Crippen LogP contribution is 2.24. The van der Waals surface area contributed by atoms with Crippen molar-refractivity contribution in [2.45, 2.75) is 12.8 Å². The van der Waals surface area contributed by atoms with E-state index in [1.807, 2.05) is 36.4 Å². The van der Waals surface area contributed by atoms with E-state index in [-0.39, 0.29) is 12.2 Å². The topological polar surface area (TPSA) is 26.3 Å². The van der Waals surface area contributed by atoms with Crippen LogP contribution >= 0.6 is 0 Å². The number of methoxy groups -OCH3 is 1. The first-order valence-corrected chi connectivity index (χ1v) is 5.75. The first-order chi connectivity index (χ1) is 8.74. The Morgan fingerprint density at radius 3 is 2.89 bits per heavy atom. The summed E-state index contributed by atoms with van der Waals surface area (Å²) in [5, 5.41) is 2.14. The van der Waals surface area contributed by atoms with Gasteiger partial charge in [-0.05, 0) is 28.5 Å². The summed E-state index contributed by atoms with van der Waals surface area (Å²) in [6.07, 6.45) is 5.70. The van der Waals surface area contributed by atoms with Crippen molar-refractivity contribution in [3.8, 4) is 18.1 Å². The minimum Gasteiger partial charge on any atom is -0.497 e.